The molecule has 0 aromatic heterocycles. The maximum absolute atomic E-state index is 12.2. The summed E-state index contributed by atoms with van der Waals surface area (Å²) in [5, 5.41) is 11.4. The van der Waals surface area contributed by atoms with Crippen LogP contribution in [0.5, 0.6) is 0 Å². The normalized spacial score (nSPS) is 21.7. The third kappa shape index (κ3) is 3.78. The molecular weight excluding hydrogens is 282 g/mol. The summed E-state index contributed by atoms with van der Waals surface area (Å²) in [6, 6.07) is 7.71. The third-order valence-corrected chi connectivity index (χ3v) is 3.78. The van der Waals surface area contributed by atoms with E-state index in [1.807, 2.05) is 31.2 Å². The van der Waals surface area contributed by atoms with Crippen molar-refractivity contribution in [3.8, 4) is 0 Å². The fourth-order valence-electron chi connectivity index (χ4n) is 2.67. The van der Waals surface area contributed by atoms with Gasteiger partial charge in [-0.2, -0.15) is 0 Å². The SMILES string of the molecule is Cc1ccc([C@@H]2CN(C(=O)OC(C)(C)C)C[C@H]2C(=O)[O-])cc1. The third-order valence-electron chi connectivity index (χ3n) is 3.78. The Morgan fingerprint density at radius 2 is 1.77 bits per heavy atom. The van der Waals surface area contributed by atoms with E-state index in [0.29, 0.717) is 6.54 Å². The van der Waals surface area contributed by atoms with Crippen molar-refractivity contribution in [1.29, 1.82) is 0 Å². The predicted octanol–water partition coefficient (Wildman–Crippen LogP) is 1.70. The van der Waals surface area contributed by atoms with Crippen LogP contribution in [0, 0.1) is 12.8 Å². The van der Waals surface area contributed by atoms with Crippen LogP contribution in [0.3, 0.4) is 0 Å². The first-order valence-corrected chi connectivity index (χ1v) is 7.43. The lowest BCUT2D eigenvalue weighted by atomic mass is 9.89. The summed E-state index contributed by atoms with van der Waals surface area (Å²) in [4.78, 5) is 25.0. The van der Waals surface area contributed by atoms with Crippen LogP contribution in [-0.2, 0) is 9.53 Å². The summed E-state index contributed by atoms with van der Waals surface area (Å²) in [5.41, 5.74) is 1.41. The van der Waals surface area contributed by atoms with Gasteiger partial charge in [0.25, 0.3) is 0 Å². The Bertz CT molecular complexity index is 559. The van der Waals surface area contributed by atoms with Crippen molar-refractivity contribution in [1.82, 2.24) is 4.90 Å². The smallest absolute Gasteiger partial charge is 0.410 e. The fraction of sp³-hybridized carbons (Fsp3) is 0.529. The monoisotopic (exact) mass is 304 g/mol. The zero-order chi connectivity index (χ0) is 16.5. The van der Waals surface area contributed by atoms with Gasteiger partial charge in [-0.15, -0.1) is 0 Å². The Morgan fingerprint density at radius 1 is 1.18 bits per heavy atom. The number of carbonyl (C=O) groups is 2. The van der Waals surface area contributed by atoms with Gasteiger partial charge in [0, 0.05) is 30.9 Å². The number of amides is 1. The Kier molecular flexibility index (Phi) is 4.44. The van der Waals surface area contributed by atoms with E-state index in [4.69, 9.17) is 4.74 Å². The van der Waals surface area contributed by atoms with E-state index in [-0.39, 0.29) is 12.5 Å². The molecule has 2 atom stereocenters. The molecule has 0 N–H and O–H groups in total. The number of carboxylic acid groups (broad SMARTS) is 1. The van der Waals surface area contributed by atoms with Crippen molar-refractivity contribution in [3.05, 3.63) is 35.4 Å². The Hall–Kier alpha value is -2.04. The van der Waals surface area contributed by atoms with Crippen LogP contribution in [0.25, 0.3) is 0 Å². The maximum Gasteiger partial charge on any atom is 0.410 e. The fourth-order valence-corrected chi connectivity index (χ4v) is 2.67. The molecule has 0 radical (unpaired) electrons. The number of aliphatic carboxylic acids is 1. The average molecular weight is 304 g/mol. The van der Waals surface area contributed by atoms with Crippen molar-refractivity contribution in [2.24, 2.45) is 5.92 Å². The predicted molar refractivity (Wildman–Crippen MR) is 80.2 cm³/mol. The van der Waals surface area contributed by atoms with Crippen LogP contribution in [0.2, 0.25) is 0 Å². The lowest BCUT2D eigenvalue weighted by molar-refractivity contribution is -0.311. The molecule has 1 saturated heterocycles. The van der Waals surface area contributed by atoms with Crippen LogP contribution in [0.4, 0.5) is 4.79 Å². The van der Waals surface area contributed by atoms with Crippen LogP contribution in [0.15, 0.2) is 24.3 Å². The summed E-state index contributed by atoms with van der Waals surface area (Å²) in [7, 11) is 0. The second kappa shape index (κ2) is 5.99. The highest BCUT2D eigenvalue weighted by molar-refractivity contribution is 5.74. The molecule has 1 heterocycles. The van der Waals surface area contributed by atoms with Crippen molar-refractivity contribution >= 4 is 12.1 Å². The van der Waals surface area contributed by atoms with Crippen LogP contribution >= 0.6 is 0 Å². The molecule has 0 aliphatic carbocycles. The van der Waals surface area contributed by atoms with E-state index < -0.39 is 23.6 Å². The molecule has 1 aromatic carbocycles. The van der Waals surface area contributed by atoms with E-state index in [0.717, 1.165) is 11.1 Å². The number of carbonyl (C=O) groups excluding carboxylic acids is 2. The lowest BCUT2D eigenvalue weighted by Crippen LogP contribution is -2.38. The highest BCUT2D eigenvalue weighted by atomic mass is 16.6. The second-order valence-electron chi connectivity index (χ2n) is 6.83. The topological polar surface area (TPSA) is 69.7 Å². The van der Waals surface area contributed by atoms with Crippen molar-refractivity contribution < 1.29 is 19.4 Å². The van der Waals surface area contributed by atoms with Gasteiger partial charge in [-0.25, -0.2) is 4.79 Å². The van der Waals surface area contributed by atoms with E-state index in [2.05, 4.69) is 0 Å². The highest BCUT2D eigenvalue weighted by Crippen LogP contribution is 2.33. The number of ether oxygens (including phenoxy) is 1. The molecule has 0 spiro atoms. The lowest BCUT2D eigenvalue weighted by Gasteiger charge is -2.24. The first kappa shape index (κ1) is 16.3. The standard InChI is InChI=1S/C17H23NO4/c1-11-5-7-12(8-6-11)13-9-18(10-14(13)15(19)20)16(21)22-17(2,3)4/h5-8,13-14H,9-10H2,1-4H3,(H,19,20)/p-1/t13-,14+/m0/s1. The van der Waals surface area contributed by atoms with Gasteiger partial charge < -0.3 is 19.5 Å². The van der Waals surface area contributed by atoms with Gasteiger partial charge in [-0.3, -0.25) is 0 Å². The van der Waals surface area contributed by atoms with E-state index in [9.17, 15) is 14.7 Å². The van der Waals surface area contributed by atoms with Crippen molar-refractivity contribution in [3.63, 3.8) is 0 Å². The van der Waals surface area contributed by atoms with Gasteiger partial charge in [-0.05, 0) is 33.3 Å². The summed E-state index contributed by atoms with van der Waals surface area (Å²) in [6.45, 7) is 7.78. The quantitative estimate of drug-likeness (QED) is 0.834. The summed E-state index contributed by atoms with van der Waals surface area (Å²) >= 11 is 0. The van der Waals surface area contributed by atoms with Crippen LogP contribution < -0.4 is 5.11 Å². The first-order valence-electron chi connectivity index (χ1n) is 7.43. The molecule has 22 heavy (non-hydrogen) atoms. The molecule has 2 rings (SSSR count). The zero-order valence-corrected chi connectivity index (χ0v) is 13.5. The minimum atomic E-state index is -1.13. The molecule has 5 heteroatoms. The number of aryl methyl sites for hydroxylation is 1. The highest BCUT2D eigenvalue weighted by Gasteiger charge is 2.38. The minimum Gasteiger partial charge on any atom is -0.550 e. The summed E-state index contributed by atoms with van der Waals surface area (Å²) in [5.74, 6) is -2.11. The van der Waals surface area contributed by atoms with Crippen LogP contribution in [0.1, 0.15) is 37.8 Å². The molecule has 0 unspecified atom stereocenters. The molecule has 120 valence electrons. The molecule has 0 bridgehead atoms. The van der Waals surface area contributed by atoms with Crippen molar-refractivity contribution in [2.45, 2.75) is 39.2 Å². The van der Waals surface area contributed by atoms with E-state index in [1.54, 1.807) is 20.8 Å². The molecule has 1 amide bonds. The van der Waals surface area contributed by atoms with Gasteiger partial charge in [0.1, 0.15) is 5.60 Å². The van der Waals surface area contributed by atoms with Crippen molar-refractivity contribution in [2.75, 3.05) is 13.1 Å². The van der Waals surface area contributed by atoms with Gasteiger partial charge >= 0.3 is 6.09 Å². The van der Waals surface area contributed by atoms with Gasteiger partial charge in [0.15, 0.2) is 0 Å². The number of hydrogen-bond donors (Lipinski definition) is 0. The number of likely N-dealkylation sites (tertiary alicyclic amines) is 1. The average Bonchev–Trinajstić information content (AvgIpc) is 2.83. The Balaban J connectivity index is 2.18. The number of benzene rings is 1. The summed E-state index contributed by atoms with van der Waals surface area (Å²) in [6.07, 6.45) is -0.478. The van der Waals surface area contributed by atoms with E-state index in [1.165, 1.54) is 4.90 Å². The number of carboxylic acids is 1. The zero-order valence-electron chi connectivity index (χ0n) is 13.5. The van der Waals surface area contributed by atoms with Crippen LogP contribution in [-0.4, -0.2) is 35.7 Å². The maximum atomic E-state index is 12.2. The second-order valence-corrected chi connectivity index (χ2v) is 6.83. The Labute approximate surface area is 130 Å². The number of rotatable bonds is 2. The molecule has 1 fully saturated rings. The minimum absolute atomic E-state index is 0.121. The van der Waals surface area contributed by atoms with Gasteiger partial charge in [0.2, 0.25) is 0 Å². The van der Waals surface area contributed by atoms with Gasteiger partial charge in [0.05, 0.1) is 0 Å². The molecular formula is C17H22NO4-. The molecule has 1 aliphatic rings. The Morgan fingerprint density at radius 3 is 2.27 bits per heavy atom. The molecule has 5 nitrogen and oxygen atoms in total. The largest absolute Gasteiger partial charge is 0.550 e. The van der Waals surface area contributed by atoms with E-state index >= 15 is 0 Å². The molecule has 1 aromatic rings. The number of nitrogens with zero attached hydrogens (tertiary/aromatic N) is 1. The first-order chi connectivity index (χ1) is 10.2. The van der Waals surface area contributed by atoms with Gasteiger partial charge in [-0.1, -0.05) is 29.8 Å². The number of hydrogen-bond acceptors (Lipinski definition) is 4. The summed E-state index contributed by atoms with van der Waals surface area (Å²) < 4.78 is 5.33. The molecule has 1 aliphatic heterocycles. The molecule has 0 saturated carbocycles.